The van der Waals surface area contributed by atoms with E-state index in [0.29, 0.717) is 0 Å². The average Bonchev–Trinajstić information content (AvgIpc) is 3.04. The highest BCUT2D eigenvalue weighted by Crippen LogP contribution is 2.34. The van der Waals surface area contributed by atoms with Gasteiger partial charge in [-0.15, -0.1) is 0 Å². The van der Waals surface area contributed by atoms with E-state index >= 15 is 0 Å². The zero-order valence-electron chi connectivity index (χ0n) is 11.5. The molecule has 2 fully saturated rings. The van der Waals surface area contributed by atoms with Crippen LogP contribution in [0.5, 0.6) is 0 Å². The molecular formula is C14H24N4. The van der Waals surface area contributed by atoms with Crippen LogP contribution >= 0.6 is 0 Å². The van der Waals surface area contributed by atoms with Gasteiger partial charge in [-0.25, -0.2) is 4.98 Å². The van der Waals surface area contributed by atoms with Gasteiger partial charge < -0.3 is 9.88 Å². The van der Waals surface area contributed by atoms with Crippen molar-refractivity contribution in [3.63, 3.8) is 0 Å². The van der Waals surface area contributed by atoms with E-state index in [1.54, 1.807) is 0 Å². The third kappa shape index (κ3) is 1.97. The highest BCUT2D eigenvalue weighted by atomic mass is 15.2. The van der Waals surface area contributed by atoms with Crippen molar-refractivity contribution in [1.29, 1.82) is 0 Å². The lowest BCUT2D eigenvalue weighted by Gasteiger charge is -2.26. The van der Waals surface area contributed by atoms with Crippen molar-refractivity contribution in [1.82, 2.24) is 19.8 Å². The Morgan fingerprint density at radius 2 is 2.28 bits per heavy atom. The summed E-state index contributed by atoms with van der Waals surface area (Å²) >= 11 is 0. The monoisotopic (exact) mass is 248 g/mol. The zero-order chi connectivity index (χ0) is 12.5. The molecule has 18 heavy (non-hydrogen) atoms. The summed E-state index contributed by atoms with van der Waals surface area (Å²) in [4.78, 5) is 7.18. The van der Waals surface area contributed by atoms with Crippen molar-refractivity contribution < 1.29 is 0 Å². The first kappa shape index (κ1) is 12.2. The molecule has 2 aliphatic heterocycles. The molecule has 0 aromatic carbocycles. The Bertz CT molecular complexity index is 400. The second-order valence-electron chi connectivity index (χ2n) is 5.62. The van der Waals surface area contributed by atoms with Gasteiger partial charge in [0.2, 0.25) is 0 Å². The van der Waals surface area contributed by atoms with Crippen molar-refractivity contribution in [2.24, 2.45) is 11.8 Å². The smallest absolute Gasteiger partial charge is 0.122 e. The van der Waals surface area contributed by atoms with Crippen molar-refractivity contribution in [3.8, 4) is 0 Å². The maximum absolute atomic E-state index is 4.52. The summed E-state index contributed by atoms with van der Waals surface area (Å²) in [5, 5.41) is 3.54. The summed E-state index contributed by atoms with van der Waals surface area (Å²) in [6.07, 6.45) is 5.28. The SMILES string of the molecule is CCC1C2CNCC2CN1Cc1nccn1CC. The van der Waals surface area contributed by atoms with E-state index in [1.807, 2.05) is 6.20 Å². The van der Waals surface area contributed by atoms with E-state index in [1.165, 1.54) is 31.9 Å². The Morgan fingerprint density at radius 3 is 3.06 bits per heavy atom. The maximum atomic E-state index is 4.52. The Balaban J connectivity index is 1.73. The Morgan fingerprint density at radius 1 is 1.39 bits per heavy atom. The predicted octanol–water partition coefficient (Wildman–Crippen LogP) is 1.33. The van der Waals surface area contributed by atoms with Crippen molar-refractivity contribution in [2.45, 2.75) is 39.4 Å². The number of likely N-dealkylation sites (tertiary alicyclic amines) is 1. The lowest BCUT2D eigenvalue weighted by atomic mass is 9.93. The predicted molar refractivity (Wildman–Crippen MR) is 72.2 cm³/mol. The summed E-state index contributed by atoms with van der Waals surface area (Å²) in [6, 6.07) is 0.743. The molecule has 4 heteroatoms. The van der Waals surface area contributed by atoms with Crippen LogP contribution in [0.2, 0.25) is 0 Å². The van der Waals surface area contributed by atoms with Gasteiger partial charge >= 0.3 is 0 Å². The number of hydrogen-bond donors (Lipinski definition) is 1. The summed E-state index contributed by atoms with van der Waals surface area (Å²) in [5.41, 5.74) is 0. The molecule has 0 radical (unpaired) electrons. The zero-order valence-corrected chi connectivity index (χ0v) is 11.5. The molecule has 100 valence electrons. The topological polar surface area (TPSA) is 33.1 Å². The molecule has 0 saturated carbocycles. The number of nitrogens with one attached hydrogen (secondary N) is 1. The van der Waals surface area contributed by atoms with Crippen LogP contribution in [0.1, 0.15) is 26.1 Å². The molecule has 1 aromatic rings. The average molecular weight is 248 g/mol. The summed E-state index contributed by atoms with van der Waals surface area (Å²) in [6.45, 7) is 10.2. The van der Waals surface area contributed by atoms with Crippen molar-refractivity contribution in [2.75, 3.05) is 19.6 Å². The second kappa shape index (κ2) is 5.02. The van der Waals surface area contributed by atoms with Crippen LogP contribution in [0.15, 0.2) is 12.4 Å². The van der Waals surface area contributed by atoms with Crippen LogP contribution in [0.25, 0.3) is 0 Å². The number of fused-ring (bicyclic) bond motifs is 1. The Kier molecular flexibility index (Phi) is 3.39. The molecule has 4 nitrogen and oxygen atoms in total. The van der Waals surface area contributed by atoms with Gasteiger partial charge in [0.15, 0.2) is 0 Å². The number of aromatic nitrogens is 2. The molecular weight excluding hydrogens is 224 g/mol. The minimum atomic E-state index is 0.743. The first-order valence-electron chi connectivity index (χ1n) is 7.28. The van der Waals surface area contributed by atoms with Crippen LogP contribution < -0.4 is 5.32 Å². The summed E-state index contributed by atoms with van der Waals surface area (Å²) in [7, 11) is 0. The third-order valence-electron chi connectivity index (χ3n) is 4.73. The molecule has 3 rings (SSSR count). The molecule has 3 heterocycles. The first-order chi connectivity index (χ1) is 8.83. The standard InChI is InChI=1S/C14H24N4/c1-3-13-12-8-15-7-11(12)9-18(13)10-14-16-5-6-17(14)4-2/h5-6,11-13,15H,3-4,7-10H2,1-2H3. The fraction of sp³-hybridized carbons (Fsp3) is 0.786. The van der Waals surface area contributed by atoms with E-state index in [0.717, 1.165) is 31.0 Å². The Labute approximate surface area is 109 Å². The molecule has 3 atom stereocenters. The maximum Gasteiger partial charge on any atom is 0.122 e. The highest BCUT2D eigenvalue weighted by Gasteiger charge is 2.43. The van der Waals surface area contributed by atoms with Gasteiger partial charge in [-0.05, 0) is 38.3 Å². The molecule has 0 aliphatic carbocycles. The summed E-state index contributed by atoms with van der Waals surface area (Å²) < 4.78 is 2.26. The lowest BCUT2D eigenvalue weighted by molar-refractivity contribution is 0.203. The third-order valence-corrected chi connectivity index (χ3v) is 4.73. The molecule has 2 saturated heterocycles. The second-order valence-corrected chi connectivity index (χ2v) is 5.62. The number of aryl methyl sites for hydroxylation is 1. The molecule has 1 N–H and O–H groups in total. The van der Waals surface area contributed by atoms with Gasteiger partial charge in [-0.2, -0.15) is 0 Å². The molecule has 0 bridgehead atoms. The molecule has 2 aliphatic rings. The molecule has 0 amide bonds. The summed E-state index contributed by atoms with van der Waals surface area (Å²) in [5.74, 6) is 2.95. The minimum Gasteiger partial charge on any atom is -0.334 e. The van der Waals surface area contributed by atoms with E-state index < -0.39 is 0 Å². The van der Waals surface area contributed by atoms with Gasteiger partial charge in [0.05, 0.1) is 6.54 Å². The quantitative estimate of drug-likeness (QED) is 0.873. The van der Waals surface area contributed by atoms with Crippen LogP contribution in [-0.4, -0.2) is 40.1 Å². The highest BCUT2D eigenvalue weighted by molar-refractivity contribution is 5.01. The van der Waals surface area contributed by atoms with Crippen molar-refractivity contribution in [3.05, 3.63) is 18.2 Å². The molecule has 0 spiro atoms. The Hall–Kier alpha value is -0.870. The fourth-order valence-corrected chi connectivity index (χ4v) is 3.81. The molecule has 3 unspecified atom stereocenters. The lowest BCUT2D eigenvalue weighted by Crippen LogP contribution is -2.35. The van der Waals surface area contributed by atoms with E-state index in [-0.39, 0.29) is 0 Å². The normalized spacial score (nSPS) is 32.0. The van der Waals surface area contributed by atoms with Gasteiger partial charge in [0.25, 0.3) is 0 Å². The van der Waals surface area contributed by atoms with Crippen LogP contribution in [0.3, 0.4) is 0 Å². The van der Waals surface area contributed by atoms with E-state index in [9.17, 15) is 0 Å². The molecule has 1 aromatic heterocycles. The number of hydrogen-bond acceptors (Lipinski definition) is 3. The first-order valence-corrected chi connectivity index (χ1v) is 7.28. The van der Waals surface area contributed by atoms with E-state index in [4.69, 9.17) is 0 Å². The van der Waals surface area contributed by atoms with Gasteiger partial charge in [0, 0.05) is 31.5 Å². The fourth-order valence-electron chi connectivity index (χ4n) is 3.81. The number of nitrogens with zero attached hydrogens (tertiary/aromatic N) is 3. The number of imidazole rings is 1. The van der Waals surface area contributed by atoms with Gasteiger partial charge in [0.1, 0.15) is 5.82 Å². The van der Waals surface area contributed by atoms with Gasteiger partial charge in [-0.1, -0.05) is 6.92 Å². The van der Waals surface area contributed by atoms with E-state index in [2.05, 4.69) is 39.8 Å². The number of rotatable bonds is 4. The minimum absolute atomic E-state index is 0.743. The van der Waals surface area contributed by atoms with Crippen LogP contribution in [0.4, 0.5) is 0 Å². The van der Waals surface area contributed by atoms with Crippen LogP contribution in [0, 0.1) is 11.8 Å². The van der Waals surface area contributed by atoms with Gasteiger partial charge in [-0.3, -0.25) is 4.90 Å². The van der Waals surface area contributed by atoms with Crippen LogP contribution in [-0.2, 0) is 13.1 Å². The van der Waals surface area contributed by atoms with Crippen molar-refractivity contribution >= 4 is 0 Å². The largest absolute Gasteiger partial charge is 0.334 e.